The summed E-state index contributed by atoms with van der Waals surface area (Å²) in [5, 5.41) is 6.89. The van der Waals surface area contributed by atoms with E-state index in [1.165, 1.54) is 6.20 Å². The first-order valence-corrected chi connectivity index (χ1v) is 6.58. The molecule has 0 fully saturated rings. The number of aromatic nitrogens is 2. The molecule has 94 valence electrons. The second kappa shape index (κ2) is 5.38. The zero-order chi connectivity index (χ0) is 13.1. The molecule has 0 aliphatic carbocycles. The molecule has 0 aliphatic rings. The Morgan fingerprint density at radius 2 is 2.22 bits per heavy atom. The molecule has 0 spiro atoms. The van der Waals surface area contributed by atoms with Crippen molar-refractivity contribution < 1.29 is 4.79 Å². The highest BCUT2D eigenvalue weighted by atomic mass is 127. The van der Waals surface area contributed by atoms with E-state index in [-0.39, 0.29) is 5.91 Å². The Balaban J connectivity index is 2.28. The van der Waals surface area contributed by atoms with Crippen LogP contribution in [0.1, 0.15) is 17.4 Å². The molecule has 6 heteroatoms. The lowest BCUT2D eigenvalue weighted by molar-refractivity contribution is 0.101. The number of nitrogen functional groups attached to an aromatic ring is 1. The van der Waals surface area contributed by atoms with E-state index in [0.717, 1.165) is 9.26 Å². The van der Waals surface area contributed by atoms with Crippen molar-refractivity contribution in [3.8, 4) is 0 Å². The molecular weight excluding hydrogens is 343 g/mol. The van der Waals surface area contributed by atoms with Gasteiger partial charge < -0.3 is 11.1 Å². The van der Waals surface area contributed by atoms with Gasteiger partial charge in [0.2, 0.25) is 0 Å². The highest BCUT2D eigenvalue weighted by Crippen LogP contribution is 2.19. The van der Waals surface area contributed by atoms with Crippen molar-refractivity contribution in [3.05, 3.63) is 39.7 Å². The van der Waals surface area contributed by atoms with Crippen LogP contribution in [0, 0.1) is 3.57 Å². The molecule has 0 saturated heterocycles. The van der Waals surface area contributed by atoms with Crippen molar-refractivity contribution in [2.45, 2.75) is 13.5 Å². The number of hydrogen-bond acceptors (Lipinski definition) is 3. The molecule has 0 saturated carbocycles. The molecule has 0 aliphatic heterocycles. The van der Waals surface area contributed by atoms with Crippen molar-refractivity contribution in [2.24, 2.45) is 0 Å². The van der Waals surface area contributed by atoms with Crippen LogP contribution in [0.5, 0.6) is 0 Å². The molecule has 3 N–H and O–H groups in total. The summed E-state index contributed by atoms with van der Waals surface area (Å²) in [6.07, 6.45) is 1.49. The van der Waals surface area contributed by atoms with Gasteiger partial charge >= 0.3 is 0 Å². The van der Waals surface area contributed by atoms with Crippen molar-refractivity contribution >= 4 is 39.9 Å². The van der Waals surface area contributed by atoms with E-state index in [2.05, 4.69) is 33.0 Å². The first kappa shape index (κ1) is 12.9. The lowest BCUT2D eigenvalue weighted by atomic mass is 10.3. The third kappa shape index (κ3) is 2.47. The highest BCUT2D eigenvalue weighted by Gasteiger charge is 2.16. The fourth-order valence-electron chi connectivity index (χ4n) is 1.63. The Kier molecular flexibility index (Phi) is 3.85. The summed E-state index contributed by atoms with van der Waals surface area (Å²) in [6.45, 7) is 2.52. The number of benzene rings is 1. The molecular formula is C12H13IN4O. The summed E-state index contributed by atoms with van der Waals surface area (Å²) in [5.74, 6) is -0.240. The molecule has 0 unspecified atom stereocenters. The molecule has 2 rings (SSSR count). The number of nitrogens with zero attached hydrogens (tertiary/aromatic N) is 2. The standard InChI is InChI=1S/C12H13IN4O/c1-2-17-11(9(14)7-15-17)12(18)16-10-6-4-3-5-8(10)13/h3-7H,2,14H2,1H3,(H,16,18). The van der Waals surface area contributed by atoms with Gasteiger partial charge in [-0.2, -0.15) is 5.10 Å². The molecule has 18 heavy (non-hydrogen) atoms. The normalized spacial score (nSPS) is 10.3. The van der Waals surface area contributed by atoms with Crippen LogP contribution in [0.3, 0.4) is 0 Å². The topological polar surface area (TPSA) is 72.9 Å². The van der Waals surface area contributed by atoms with Crippen LogP contribution >= 0.6 is 22.6 Å². The highest BCUT2D eigenvalue weighted by molar-refractivity contribution is 14.1. The summed E-state index contributed by atoms with van der Waals surface area (Å²) >= 11 is 2.17. The number of carbonyl (C=O) groups is 1. The first-order valence-electron chi connectivity index (χ1n) is 5.50. The van der Waals surface area contributed by atoms with Gasteiger partial charge in [-0.3, -0.25) is 9.48 Å². The molecule has 1 aromatic carbocycles. The van der Waals surface area contributed by atoms with Gasteiger partial charge in [-0.05, 0) is 41.6 Å². The predicted octanol–water partition coefficient (Wildman–Crippen LogP) is 2.34. The Labute approximate surface area is 119 Å². The van der Waals surface area contributed by atoms with Crippen LogP contribution in [-0.4, -0.2) is 15.7 Å². The number of rotatable bonds is 3. The third-order valence-corrected chi connectivity index (χ3v) is 3.45. The molecule has 1 heterocycles. The lowest BCUT2D eigenvalue weighted by Gasteiger charge is -2.09. The second-order valence-corrected chi connectivity index (χ2v) is 4.86. The number of para-hydroxylation sites is 1. The first-order chi connectivity index (χ1) is 8.63. The summed E-state index contributed by atoms with van der Waals surface area (Å²) in [6, 6.07) is 7.57. The molecule has 5 nitrogen and oxygen atoms in total. The minimum absolute atomic E-state index is 0.240. The molecule has 0 bridgehead atoms. The molecule has 1 amide bonds. The van der Waals surface area contributed by atoms with Gasteiger partial charge in [0.1, 0.15) is 5.69 Å². The van der Waals surface area contributed by atoms with Gasteiger partial charge in [-0.25, -0.2) is 0 Å². The summed E-state index contributed by atoms with van der Waals surface area (Å²) in [4.78, 5) is 12.2. The monoisotopic (exact) mass is 356 g/mol. The van der Waals surface area contributed by atoms with Gasteiger partial charge in [-0.1, -0.05) is 12.1 Å². The van der Waals surface area contributed by atoms with Gasteiger partial charge in [0.05, 0.1) is 17.6 Å². The van der Waals surface area contributed by atoms with Gasteiger partial charge in [-0.15, -0.1) is 0 Å². The van der Waals surface area contributed by atoms with Crippen molar-refractivity contribution in [3.63, 3.8) is 0 Å². The van der Waals surface area contributed by atoms with E-state index >= 15 is 0 Å². The number of carbonyl (C=O) groups excluding carboxylic acids is 1. The zero-order valence-electron chi connectivity index (χ0n) is 9.85. The smallest absolute Gasteiger partial charge is 0.276 e. The SMILES string of the molecule is CCn1ncc(N)c1C(=O)Nc1ccccc1I. The minimum Gasteiger partial charge on any atom is -0.396 e. The number of amides is 1. The Morgan fingerprint density at radius 3 is 2.89 bits per heavy atom. The predicted molar refractivity (Wildman–Crippen MR) is 79.4 cm³/mol. The summed E-state index contributed by atoms with van der Waals surface area (Å²) in [7, 11) is 0. The third-order valence-electron chi connectivity index (χ3n) is 2.50. The van der Waals surface area contributed by atoms with Crippen molar-refractivity contribution in [2.75, 3.05) is 11.1 Å². The zero-order valence-corrected chi connectivity index (χ0v) is 12.0. The van der Waals surface area contributed by atoms with Crippen molar-refractivity contribution in [1.82, 2.24) is 9.78 Å². The van der Waals surface area contributed by atoms with Gasteiger partial charge in [0.15, 0.2) is 0 Å². The largest absolute Gasteiger partial charge is 0.396 e. The summed E-state index contributed by atoms with van der Waals surface area (Å²) in [5.41, 5.74) is 7.32. The fourth-order valence-corrected chi connectivity index (χ4v) is 2.15. The minimum atomic E-state index is -0.240. The Bertz CT molecular complexity index is 579. The number of anilines is 2. The average Bonchev–Trinajstić information content (AvgIpc) is 2.73. The van der Waals surface area contributed by atoms with Crippen molar-refractivity contribution in [1.29, 1.82) is 0 Å². The average molecular weight is 356 g/mol. The Hall–Kier alpha value is -1.57. The molecule has 0 radical (unpaired) electrons. The number of nitrogens with one attached hydrogen (secondary N) is 1. The fraction of sp³-hybridized carbons (Fsp3) is 0.167. The summed E-state index contributed by atoms with van der Waals surface area (Å²) < 4.78 is 2.56. The quantitative estimate of drug-likeness (QED) is 0.830. The van der Waals surface area contributed by atoms with Crippen LogP contribution in [0.15, 0.2) is 30.5 Å². The van der Waals surface area contributed by atoms with E-state index in [1.54, 1.807) is 4.68 Å². The van der Waals surface area contributed by atoms with E-state index in [9.17, 15) is 4.79 Å². The van der Waals surface area contributed by atoms with Crippen LogP contribution in [-0.2, 0) is 6.54 Å². The van der Waals surface area contributed by atoms with Crippen LogP contribution in [0.2, 0.25) is 0 Å². The Morgan fingerprint density at radius 1 is 1.50 bits per heavy atom. The van der Waals surface area contributed by atoms with E-state index in [4.69, 9.17) is 5.73 Å². The number of nitrogens with two attached hydrogens (primary N) is 1. The van der Waals surface area contributed by atoms with E-state index in [1.807, 2.05) is 31.2 Å². The maximum atomic E-state index is 12.2. The molecule has 2 aromatic rings. The van der Waals surface area contributed by atoms with E-state index in [0.29, 0.717) is 17.9 Å². The maximum Gasteiger partial charge on any atom is 0.276 e. The van der Waals surface area contributed by atoms with Crippen LogP contribution in [0.25, 0.3) is 0 Å². The number of halogens is 1. The molecule has 0 atom stereocenters. The van der Waals surface area contributed by atoms with Crippen LogP contribution < -0.4 is 11.1 Å². The number of aryl methyl sites for hydroxylation is 1. The lowest BCUT2D eigenvalue weighted by Crippen LogP contribution is -2.19. The number of hydrogen-bond donors (Lipinski definition) is 2. The van der Waals surface area contributed by atoms with Gasteiger partial charge in [0, 0.05) is 10.1 Å². The van der Waals surface area contributed by atoms with Crippen LogP contribution in [0.4, 0.5) is 11.4 Å². The maximum absolute atomic E-state index is 12.2. The molecule has 1 aromatic heterocycles. The van der Waals surface area contributed by atoms with E-state index < -0.39 is 0 Å². The van der Waals surface area contributed by atoms with Gasteiger partial charge in [0.25, 0.3) is 5.91 Å². The second-order valence-electron chi connectivity index (χ2n) is 3.70.